The van der Waals surface area contributed by atoms with Crippen LogP contribution < -0.4 is 4.90 Å². The monoisotopic (exact) mass is 453 g/mol. The number of fused-ring (bicyclic) bond motifs is 6. The van der Waals surface area contributed by atoms with Gasteiger partial charge in [0.2, 0.25) is 0 Å². The average molecular weight is 454 g/mol. The molecule has 0 spiro atoms. The van der Waals surface area contributed by atoms with Gasteiger partial charge >= 0.3 is 0 Å². The molecule has 2 nitrogen and oxygen atoms in total. The number of hydrogen-bond donors (Lipinski definition) is 0. The van der Waals surface area contributed by atoms with Gasteiger partial charge in [0.05, 0.1) is 0 Å². The SMILES string of the molecule is C=CC(=C)N(C(=O)/C(C)=C/C)c1cccc(-c2ccc3c4ccccc4c4ccccc4c3c2)c1. The quantitative estimate of drug-likeness (QED) is 0.148. The largest absolute Gasteiger partial charge is 0.278 e. The molecule has 0 bridgehead atoms. The number of nitrogens with zero attached hydrogens (tertiary/aromatic N) is 1. The fourth-order valence-corrected chi connectivity index (χ4v) is 4.72. The molecular weight excluding hydrogens is 426 g/mol. The summed E-state index contributed by atoms with van der Waals surface area (Å²) in [7, 11) is 0. The highest BCUT2D eigenvalue weighted by atomic mass is 16.2. The predicted molar refractivity (Wildman–Crippen MR) is 151 cm³/mol. The highest BCUT2D eigenvalue weighted by Gasteiger charge is 2.19. The lowest BCUT2D eigenvalue weighted by molar-refractivity contribution is -0.114. The molecule has 0 heterocycles. The van der Waals surface area contributed by atoms with E-state index in [9.17, 15) is 4.79 Å². The van der Waals surface area contributed by atoms with Crippen molar-refractivity contribution in [3.63, 3.8) is 0 Å². The van der Waals surface area contributed by atoms with Gasteiger partial charge in [-0.15, -0.1) is 0 Å². The Morgan fingerprint density at radius 2 is 1.26 bits per heavy atom. The van der Waals surface area contributed by atoms with Crippen LogP contribution in [0.4, 0.5) is 5.69 Å². The Kier molecular flexibility index (Phi) is 5.80. The second kappa shape index (κ2) is 9.08. The van der Waals surface area contributed by atoms with Gasteiger partial charge in [0.25, 0.3) is 5.91 Å². The molecule has 0 fully saturated rings. The fraction of sp³-hybridized carbons (Fsp3) is 0.0606. The number of benzene rings is 5. The summed E-state index contributed by atoms with van der Waals surface area (Å²) in [4.78, 5) is 14.7. The van der Waals surface area contributed by atoms with E-state index in [0.29, 0.717) is 11.3 Å². The first-order chi connectivity index (χ1) is 17.0. The number of carbonyl (C=O) groups excluding carboxylic acids is 1. The standard InChI is InChI=1S/C33H27NO/c1-5-22(3)33(35)34(23(4)6-2)26-13-11-12-24(20-26)25-18-19-31-29-16-8-7-14-27(29)28-15-9-10-17-30(28)32(31)21-25/h5-21H,2,4H2,1,3H3/b22-5+. The second-order valence-corrected chi connectivity index (χ2v) is 8.71. The zero-order valence-electron chi connectivity index (χ0n) is 20.1. The first-order valence-electron chi connectivity index (χ1n) is 11.8. The molecule has 0 unspecified atom stereocenters. The lowest BCUT2D eigenvalue weighted by Crippen LogP contribution is -2.29. The van der Waals surface area contributed by atoms with E-state index in [1.165, 1.54) is 32.3 Å². The topological polar surface area (TPSA) is 20.3 Å². The molecule has 0 saturated heterocycles. The van der Waals surface area contributed by atoms with Crippen LogP contribution >= 0.6 is 0 Å². The molecule has 170 valence electrons. The van der Waals surface area contributed by atoms with Crippen molar-refractivity contribution in [1.82, 2.24) is 0 Å². The van der Waals surface area contributed by atoms with Gasteiger partial charge in [0.15, 0.2) is 0 Å². The number of carbonyl (C=O) groups is 1. The van der Waals surface area contributed by atoms with Crippen molar-refractivity contribution in [2.24, 2.45) is 0 Å². The predicted octanol–water partition coefficient (Wildman–Crippen LogP) is 8.81. The van der Waals surface area contributed by atoms with Gasteiger partial charge in [-0.1, -0.05) is 92.0 Å². The summed E-state index contributed by atoms with van der Waals surface area (Å²) in [6, 6.07) is 31.8. The molecule has 0 aliphatic heterocycles. The summed E-state index contributed by atoms with van der Waals surface area (Å²) in [5.74, 6) is -0.106. The number of anilines is 1. The minimum atomic E-state index is -0.106. The third-order valence-corrected chi connectivity index (χ3v) is 6.68. The van der Waals surface area contributed by atoms with Gasteiger partial charge < -0.3 is 0 Å². The highest BCUT2D eigenvalue weighted by molar-refractivity contribution is 6.25. The minimum absolute atomic E-state index is 0.106. The third kappa shape index (κ3) is 3.83. The maximum Gasteiger partial charge on any atom is 0.258 e. The Bertz CT molecular complexity index is 1640. The van der Waals surface area contributed by atoms with Crippen molar-refractivity contribution >= 4 is 43.9 Å². The highest BCUT2D eigenvalue weighted by Crippen LogP contribution is 2.37. The molecule has 0 N–H and O–H groups in total. The molecule has 0 atom stereocenters. The van der Waals surface area contributed by atoms with E-state index in [4.69, 9.17) is 0 Å². The van der Waals surface area contributed by atoms with Crippen LogP contribution in [0.3, 0.4) is 0 Å². The molecule has 35 heavy (non-hydrogen) atoms. The van der Waals surface area contributed by atoms with Gasteiger partial charge in [-0.3, -0.25) is 9.69 Å². The maximum atomic E-state index is 13.1. The molecular formula is C33H27NO. The second-order valence-electron chi connectivity index (χ2n) is 8.71. The average Bonchev–Trinajstić information content (AvgIpc) is 2.92. The number of rotatable bonds is 5. The van der Waals surface area contributed by atoms with Gasteiger partial charge in [0, 0.05) is 17.0 Å². The molecule has 5 aromatic carbocycles. The zero-order valence-corrected chi connectivity index (χ0v) is 20.1. The zero-order chi connectivity index (χ0) is 24.5. The lowest BCUT2D eigenvalue weighted by atomic mass is 9.92. The van der Waals surface area contributed by atoms with Crippen LogP contribution in [0.25, 0.3) is 43.4 Å². The number of amides is 1. The van der Waals surface area contributed by atoms with Crippen molar-refractivity contribution in [3.05, 3.63) is 128 Å². The molecule has 5 aromatic rings. The molecule has 0 saturated carbocycles. The number of hydrogen-bond acceptors (Lipinski definition) is 1. The van der Waals surface area contributed by atoms with E-state index in [1.54, 1.807) is 11.0 Å². The van der Waals surface area contributed by atoms with Crippen molar-refractivity contribution in [3.8, 4) is 11.1 Å². The Morgan fingerprint density at radius 3 is 1.83 bits per heavy atom. The smallest absolute Gasteiger partial charge is 0.258 e. The molecule has 1 amide bonds. The summed E-state index contributed by atoms with van der Waals surface area (Å²) in [5, 5.41) is 7.46. The molecule has 2 heteroatoms. The molecule has 0 aliphatic rings. The van der Waals surface area contributed by atoms with Crippen LogP contribution in [-0.4, -0.2) is 5.91 Å². The molecule has 5 rings (SSSR count). The van der Waals surface area contributed by atoms with E-state index in [2.05, 4.69) is 86.0 Å². The normalized spacial score (nSPS) is 11.7. The van der Waals surface area contributed by atoms with Gasteiger partial charge in [-0.05, 0) is 81.6 Å². The maximum absolute atomic E-state index is 13.1. The first kappa shape index (κ1) is 22.4. The molecule has 0 radical (unpaired) electrons. The minimum Gasteiger partial charge on any atom is -0.278 e. The van der Waals surface area contributed by atoms with Crippen LogP contribution in [0, 0.1) is 0 Å². The van der Waals surface area contributed by atoms with E-state index >= 15 is 0 Å². The fourth-order valence-electron chi connectivity index (χ4n) is 4.72. The molecule has 0 aromatic heterocycles. The molecule has 0 aliphatic carbocycles. The summed E-state index contributed by atoms with van der Waals surface area (Å²) < 4.78 is 0. The van der Waals surface area contributed by atoms with Crippen molar-refractivity contribution in [1.29, 1.82) is 0 Å². The van der Waals surface area contributed by atoms with Crippen LogP contribution in [0.2, 0.25) is 0 Å². The van der Waals surface area contributed by atoms with Crippen molar-refractivity contribution in [2.75, 3.05) is 4.90 Å². The summed E-state index contributed by atoms with van der Waals surface area (Å²) in [5.41, 5.74) is 4.10. The Labute approximate surface area is 206 Å². The van der Waals surface area contributed by atoms with Crippen molar-refractivity contribution < 1.29 is 4.79 Å². The van der Waals surface area contributed by atoms with Gasteiger partial charge in [-0.25, -0.2) is 0 Å². The van der Waals surface area contributed by atoms with E-state index < -0.39 is 0 Å². The van der Waals surface area contributed by atoms with Gasteiger partial charge in [0.1, 0.15) is 0 Å². The van der Waals surface area contributed by atoms with Gasteiger partial charge in [-0.2, -0.15) is 0 Å². The number of allylic oxidation sites excluding steroid dienone is 2. The first-order valence-corrected chi connectivity index (χ1v) is 11.8. The van der Waals surface area contributed by atoms with Crippen LogP contribution in [0.15, 0.2) is 128 Å². The summed E-state index contributed by atoms with van der Waals surface area (Å²) in [6.45, 7) is 11.6. The van der Waals surface area contributed by atoms with Crippen LogP contribution in [0.1, 0.15) is 13.8 Å². The third-order valence-electron chi connectivity index (χ3n) is 6.68. The Morgan fingerprint density at radius 1 is 0.714 bits per heavy atom. The van der Waals surface area contributed by atoms with Crippen LogP contribution in [0.5, 0.6) is 0 Å². The van der Waals surface area contributed by atoms with E-state index in [1.807, 2.05) is 38.1 Å². The Balaban J connectivity index is 1.70. The van der Waals surface area contributed by atoms with E-state index in [-0.39, 0.29) is 5.91 Å². The van der Waals surface area contributed by atoms with Crippen LogP contribution in [-0.2, 0) is 4.79 Å². The summed E-state index contributed by atoms with van der Waals surface area (Å²) >= 11 is 0. The Hall–Kier alpha value is -4.43. The van der Waals surface area contributed by atoms with Crippen molar-refractivity contribution in [2.45, 2.75) is 13.8 Å². The lowest BCUT2D eigenvalue weighted by Gasteiger charge is -2.24. The van der Waals surface area contributed by atoms with E-state index in [0.717, 1.165) is 16.8 Å². The summed E-state index contributed by atoms with van der Waals surface area (Å²) in [6.07, 6.45) is 3.43.